The molecule has 0 saturated heterocycles. The van der Waals surface area contributed by atoms with Crippen molar-refractivity contribution in [1.29, 1.82) is 0 Å². The molecule has 142 valence electrons. The lowest BCUT2D eigenvalue weighted by Crippen LogP contribution is -2.21. The minimum atomic E-state index is -0.661. The van der Waals surface area contributed by atoms with Gasteiger partial charge in [-0.1, -0.05) is 72.8 Å². The quantitative estimate of drug-likeness (QED) is 0.305. The third kappa shape index (κ3) is 5.85. The number of hydrogen-bond acceptors (Lipinski definition) is 3. The van der Waals surface area contributed by atoms with Gasteiger partial charge in [0.1, 0.15) is 5.75 Å². The lowest BCUT2D eigenvalue weighted by atomic mass is 10.0. The zero-order valence-electron chi connectivity index (χ0n) is 16.2. The van der Waals surface area contributed by atoms with E-state index in [0.29, 0.717) is 11.3 Å². The van der Waals surface area contributed by atoms with Gasteiger partial charge in [0.25, 0.3) is 0 Å². The molecule has 3 heteroatoms. The predicted octanol–water partition coefficient (Wildman–Crippen LogP) is 5.65. The molecule has 0 amide bonds. The van der Waals surface area contributed by atoms with E-state index in [4.69, 9.17) is 9.47 Å². The molecule has 0 saturated carbocycles. The first-order valence-corrected chi connectivity index (χ1v) is 9.34. The molecule has 3 aromatic carbocycles. The molecule has 0 spiro atoms. The molecule has 28 heavy (non-hydrogen) atoms. The first-order chi connectivity index (χ1) is 13.6. The van der Waals surface area contributed by atoms with Crippen LogP contribution in [0.25, 0.3) is 6.08 Å². The summed E-state index contributed by atoms with van der Waals surface area (Å²) in [4.78, 5) is 12.3. The molecule has 3 nitrogen and oxygen atoms in total. The maximum atomic E-state index is 12.3. The largest absolute Gasteiger partial charge is 0.455 e. The molecule has 3 rings (SSSR count). The van der Waals surface area contributed by atoms with Gasteiger partial charge in [-0.25, -0.2) is 4.79 Å². The fourth-order valence-corrected chi connectivity index (χ4v) is 2.83. The van der Waals surface area contributed by atoms with Crippen molar-refractivity contribution in [2.45, 2.75) is 26.6 Å². The summed E-state index contributed by atoms with van der Waals surface area (Å²) in [6.07, 6.45) is 2.05. The highest BCUT2D eigenvalue weighted by atomic mass is 16.7. The molecule has 0 aliphatic rings. The van der Waals surface area contributed by atoms with Crippen LogP contribution in [-0.2, 0) is 16.0 Å². The lowest BCUT2D eigenvalue weighted by Gasteiger charge is -2.15. The Labute approximate surface area is 166 Å². The highest BCUT2D eigenvalue weighted by Crippen LogP contribution is 2.15. The summed E-state index contributed by atoms with van der Waals surface area (Å²) in [6.45, 7) is 3.45. The Morgan fingerprint density at radius 2 is 1.43 bits per heavy atom. The maximum Gasteiger partial charge on any atom is 0.336 e. The van der Waals surface area contributed by atoms with E-state index < -0.39 is 12.3 Å². The second-order valence-corrected chi connectivity index (χ2v) is 6.64. The summed E-state index contributed by atoms with van der Waals surface area (Å²) in [5.41, 5.74) is 3.99. The summed E-state index contributed by atoms with van der Waals surface area (Å²) in [5, 5.41) is 0. The average molecular weight is 372 g/mol. The Morgan fingerprint density at radius 3 is 2.07 bits per heavy atom. The molecule has 0 aliphatic carbocycles. The van der Waals surface area contributed by atoms with Crippen molar-refractivity contribution in [2.24, 2.45) is 0 Å². The van der Waals surface area contributed by atoms with Crippen molar-refractivity contribution in [3.63, 3.8) is 0 Å². The van der Waals surface area contributed by atoms with E-state index in [9.17, 15) is 4.79 Å². The summed E-state index contributed by atoms with van der Waals surface area (Å²) < 4.78 is 10.9. The molecular weight excluding hydrogens is 348 g/mol. The van der Waals surface area contributed by atoms with Crippen molar-refractivity contribution in [1.82, 2.24) is 0 Å². The third-order valence-corrected chi connectivity index (χ3v) is 4.25. The molecule has 0 heterocycles. The number of hydrogen-bond donors (Lipinski definition) is 0. The summed E-state index contributed by atoms with van der Waals surface area (Å²) in [5.74, 6) is 0.273. The van der Waals surface area contributed by atoms with Gasteiger partial charge in [-0.15, -0.1) is 0 Å². The van der Waals surface area contributed by atoms with Crippen LogP contribution in [0.5, 0.6) is 5.75 Å². The van der Waals surface area contributed by atoms with Crippen molar-refractivity contribution in [2.75, 3.05) is 0 Å². The zero-order valence-corrected chi connectivity index (χ0v) is 16.2. The third-order valence-electron chi connectivity index (χ3n) is 4.25. The first kappa shape index (κ1) is 19.4. The maximum absolute atomic E-state index is 12.3. The van der Waals surface area contributed by atoms with Crippen LogP contribution in [0.3, 0.4) is 0 Å². The molecule has 1 atom stereocenters. The van der Waals surface area contributed by atoms with E-state index in [-0.39, 0.29) is 0 Å². The van der Waals surface area contributed by atoms with E-state index in [0.717, 1.165) is 12.0 Å². The van der Waals surface area contributed by atoms with E-state index in [1.54, 1.807) is 13.8 Å². The van der Waals surface area contributed by atoms with Gasteiger partial charge in [0, 0.05) is 12.5 Å². The topological polar surface area (TPSA) is 35.5 Å². The molecule has 0 fully saturated rings. The first-order valence-electron chi connectivity index (χ1n) is 9.34. The Balaban J connectivity index is 1.57. The van der Waals surface area contributed by atoms with Gasteiger partial charge < -0.3 is 9.47 Å². The molecule has 0 N–H and O–H groups in total. The van der Waals surface area contributed by atoms with E-state index in [1.165, 1.54) is 11.1 Å². The second kappa shape index (κ2) is 9.56. The van der Waals surface area contributed by atoms with Gasteiger partial charge in [-0.3, -0.25) is 0 Å². The summed E-state index contributed by atoms with van der Waals surface area (Å²) >= 11 is 0. The van der Waals surface area contributed by atoms with Crippen LogP contribution in [-0.4, -0.2) is 12.3 Å². The van der Waals surface area contributed by atoms with Crippen LogP contribution in [0.1, 0.15) is 30.5 Å². The average Bonchev–Trinajstić information content (AvgIpc) is 2.71. The number of ether oxygens (including phenoxy) is 2. The molecule has 0 radical (unpaired) electrons. The minimum absolute atomic E-state index is 0.392. The van der Waals surface area contributed by atoms with Gasteiger partial charge in [0.05, 0.1) is 0 Å². The van der Waals surface area contributed by atoms with Crippen LogP contribution in [0, 0.1) is 0 Å². The van der Waals surface area contributed by atoms with Crippen LogP contribution in [0.4, 0.5) is 0 Å². The minimum Gasteiger partial charge on any atom is -0.455 e. The Bertz CT molecular complexity index is 913. The van der Waals surface area contributed by atoms with Crippen molar-refractivity contribution in [3.05, 3.63) is 107 Å². The molecule has 0 aromatic heterocycles. The number of para-hydroxylation sites is 1. The number of rotatable bonds is 7. The van der Waals surface area contributed by atoms with E-state index in [2.05, 4.69) is 24.3 Å². The van der Waals surface area contributed by atoms with Crippen molar-refractivity contribution >= 4 is 12.0 Å². The number of carbonyl (C=O) groups is 1. The number of esters is 1. The number of carbonyl (C=O) groups excluding carboxylic acids is 1. The molecule has 0 aliphatic heterocycles. The van der Waals surface area contributed by atoms with Crippen molar-refractivity contribution < 1.29 is 14.3 Å². The summed E-state index contributed by atoms with van der Waals surface area (Å²) in [6, 6.07) is 27.8. The van der Waals surface area contributed by atoms with Gasteiger partial charge in [-0.2, -0.15) is 0 Å². The highest BCUT2D eigenvalue weighted by molar-refractivity contribution is 5.93. The van der Waals surface area contributed by atoms with Crippen LogP contribution in [0.2, 0.25) is 0 Å². The normalized spacial score (nSPS) is 12.3. The fourth-order valence-electron chi connectivity index (χ4n) is 2.83. The number of benzene rings is 3. The predicted molar refractivity (Wildman–Crippen MR) is 112 cm³/mol. The molecule has 0 bridgehead atoms. The van der Waals surface area contributed by atoms with Crippen LogP contribution < -0.4 is 4.74 Å². The van der Waals surface area contributed by atoms with Crippen LogP contribution >= 0.6 is 0 Å². The van der Waals surface area contributed by atoms with Crippen LogP contribution in [0.15, 0.2) is 90.5 Å². The monoisotopic (exact) mass is 372 g/mol. The second-order valence-electron chi connectivity index (χ2n) is 6.64. The molecular formula is C25H24O3. The lowest BCUT2D eigenvalue weighted by molar-refractivity contribution is -0.156. The van der Waals surface area contributed by atoms with Gasteiger partial charge in [0.15, 0.2) is 0 Å². The summed E-state index contributed by atoms with van der Waals surface area (Å²) in [7, 11) is 0. The Morgan fingerprint density at radius 1 is 0.857 bits per heavy atom. The molecule has 3 aromatic rings. The SMILES string of the molecule is C/C(=C\c1ccc(Cc2ccccc2)cc1)C(=O)OC(C)Oc1ccccc1. The Kier molecular flexibility index (Phi) is 6.64. The standard InChI is InChI=1S/C25H24O3/c1-19(25(26)28-20(2)27-24-11-7-4-8-12-24)17-22-13-15-23(16-14-22)18-21-9-5-3-6-10-21/h3-17,20H,18H2,1-2H3/b19-17+. The molecule has 1 unspecified atom stereocenters. The zero-order chi connectivity index (χ0) is 19.8. The van der Waals surface area contributed by atoms with Gasteiger partial charge >= 0.3 is 5.97 Å². The fraction of sp³-hybridized carbons (Fsp3) is 0.160. The van der Waals surface area contributed by atoms with Gasteiger partial charge in [0.2, 0.25) is 6.29 Å². The van der Waals surface area contributed by atoms with E-state index >= 15 is 0 Å². The highest BCUT2D eigenvalue weighted by Gasteiger charge is 2.12. The van der Waals surface area contributed by atoms with Gasteiger partial charge in [-0.05, 0) is 48.2 Å². The Hall–Kier alpha value is -3.33. The van der Waals surface area contributed by atoms with Crippen molar-refractivity contribution in [3.8, 4) is 5.75 Å². The van der Waals surface area contributed by atoms with E-state index in [1.807, 2.05) is 66.7 Å². The smallest absolute Gasteiger partial charge is 0.336 e.